The Kier molecular flexibility index (Phi) is 5.93. The summed E-state index contributed by atoms with van der Waals surface area (Å²) in [6.07, 6.45) is 3.77. The van der Waals surface area contributed by atoms with Crippen LogP contribution in [0.2, 0.25) is 0 Å². The molecule has 1 saturated heterocycles. The summed E-state index contributed by atoms with van der Waals surface area (Å²) in [7, 11) is -0.273. The lowest BCUT2D eigenvalue weighted by Crippen LogP contribution is -2.29. The van der Waals surface area contributed by atoms with Crippen molar-refractivity contribution in [3.8, 4) is 0 Å². The first-order chi connectivity index (χ1) is 12.0. The minimum atomic E-state index is -3.37. The molecule has 1 aliphatic rings. The number of rotatable bonds is 6. The second-order valence-corrected chi connectivity index (χ2v) is 10.3. The van der Waals surface area contributed by atoms with Crippen molar-refractivity contribution < 1.29 is 8.42 Å². The standard InChI is InChI=1S/C17H23N3O2S3/c1-19(2)25(21,22)14-12-17(23-13-14)24-18-15-8-4-5-9-16(15)20-10-6-3-7-11-20/h4-5,8-9,12-13,18H,3,6-7,10-11H2,1-2H3. The molecule has 1 aromatic heterocycles. The Morgan fingerprint density at radius 3 is 2.60 bits per heavy atom. The number of anilines is 2. The van der Waals surface area contributed by atoms with Crippen LogP contribution >= 0.6 is 23.3 Å². The van der Waals surface area contributed by atoms with Gasteiger partial charge in [0.2, 0.25) is 10.0 Å². The summed E-state index contributed by atoms with van der Waals surface area (Å²) in [5, 5.41) is 1.69. The van der Waals surface area contributed by atoms with E-state index in [2.05, 4.69) is 27.8 Å². The predicted molar refractivity (Wildman–Crippen MR) is 107 cm³/mol. The monoisotopic (exact) mass is 397 g/mol. The Morgan fingerprint density at radius 1 is 1.16 bits per heavy atom. The maximum Gasteiger partial charge on any atom is 0.243 e. The van der Waals surface area contributed by atoms with E-state index in [-0.39, 0.29) is 0 Å². The van der Waals surface area contributed by atoms with Gasteiger partial charge < -0.3 is 9.62 Å². The second kappa shape index (κ2) is 7.99. The van der Waals surface area contributed by atoms with Crippen molar-refractivity contribution in [2.75, 3.05) is 36.8 Å². The molecule has 0 radical (unpaired) electrons. The Hall–Kier alpha value is -1.22. The summed E-state index contributed by atoms with van der Waals surface area (Å²) in [6, 6.07) is 10.0. The third kappa shape index (κ3) is 4.31. The van der Waals surface area contributed by atoms with E-state index in [9.17, 15) is 8.42 Å². The number of benzene rings is 1. The van der Waals surface area contributed by atoms with Gasteiger partial charge in [-0.1, -0.05) is 12.1 Å². The van der Waals surface area contributed by atoms with E-state index in [1.807, 2.05) is 6.07 Å². The summed E-state index contributed by atoms with van der Waals surface area (Å²) in [5.41, 5.74) is 2.28. The molecule has 0 aliphatic carbocycles. The average molecular weight is 398 g/mol. The molecule has 0 amide bonds. The zero-order valence-corrected chi connectivity index (χ0v) is 16.9. The van der Waals surface area contributed by atoms with Gasteiger partial charge in [-0.15, -0.1) is 11.3 Å². The van der Waals surface area contributed by atoms with Crippen LogP contribution in [0.25, 0.3) is 0 Å². The third-order valence-corrected chi connectivity index (χ3v) is 8.04. The molecule has 136 valence electrons. The highest BCUT2D eigenvalue weighted by atomic mass is 32.2. The number of nitrogens with one attached hydrogen (secondary N) is 1. The molecule has 0 atom stereocenters. The minimum absolute atomic E-state index is 0.344. The van der Waals surface area contributed by atoms with Crippen LogP contribution in [0.4, 0.5) is 11.4 Å². The van der Waals surface area contributed by atoms with E-state index in [0.29, 0.717) is 4.90 Å². The molecule has 3 rings (SSSR count). The summed E-state index contributed by atoms with van der Waals surface area (Å²) < 4.78 is 29.9. The van der Waals surface area contributed by atoms with Crippen molar-refractivity contribution in [1.82, 2.24) is 4.31 Å². The molecule has 0 saturated carbocycles. The van der Waals surface area contributed by atoms with E-state index in [4.69, 9.17) is 0 Å². The van der Waals surface area contributed by atoms with Crippen LogP contribution in [-0.4, -0.2) is 39.9 Å². The number of para-hydroxylation sites is 2. The third-order valence-electron chi connectivity index (χ3n) is 4.19. The van der Waals surface area contributed by atoms with Crippen molar-refractivity contribution in [3.63, 3.8) is 0 Å². The van der Waals surface area contributed by atoms with Crippen LogP contribution in [0, 0.1) is 0 Å². The fraction of sp³-hybridized carbons (Fsp3) is 0.412. The fourth-order valence-corrected chi connectivity index (χ4v) is 5.77. The molecule has 0 bridgehead atoms. The normalized spacial score (nSPS) is 15.6. The largest absolute Gasteiger partial charge is 0.370 e. The number of sulfonamides is 1. The molecule has 5 nitrogen and oxygen atoms in total. The smallest absolute Gasteiger partial charge is 0.243 e. The lowest BCUT2D eigenvalue weighted by molar-refractivity contribution is 0.521. The van der Waals surface area contributed by atoms with Gasteiger partial charge in [0.1, 0.15) is 0 Å². The Bertz CT molecular complexity index is 812. The zero-order valence-electron chi connectivity index (χ0n) is 14.4. The zero-order chi connectivity index (χ0) is 17.9. The second-order valence-electron chi connectivity index (χ2n) is 6.16. The van der Waals surface area contributed by atoms with Crippen molar-refractivity contribution in [2.24, 2.45) is 0 Å². The summed E-state index contributed by atoms with van der Waals surface area (Å²) >= 11 is 2.89. The van der Waals surface area contributed by atoms with E-state index in [0.717, 1.165) is 23.0 Å². The van der Waals surface area contributed by atoms with Gasteiger partial charge >= 0.3 is 0 Å². The van der Waals surface area contributed by atoms with Gasteiger partial charge in [0.25, 0.3) is 0 Å². The van der Waals surface area contributed by atoms with Gasteiger partial charge in [0.15, 0.2) is 0 Å². The van der Waals surface area contributed by atoms with Crippen molar-refractivity contribution in [3.05, 3.63) is 35.7 Å². The molecular formula is C17H23N3O2S3. The fourth-order valence-electron chi connectivity index (χ4n) is 2.78. The molecule has 1 aromatic carbocycles. The summed E-state index contributed by atoms with van der Waals surface area (Å²) in [4.78, 5) is 2.76. The molecule has 2 aromatic rings. The van der Waals surface area contributed by atoms with E-state index in [1.54, 1.807) is 25.5 Å². The first-order valence-electron chi connectivity index (χ1n) is 8.26. The predicted octanol–water partition coefficient (Wildman–Crippen LogP) is 4.11. The highest BCUT2D eigenvalue weighted by Crippen LogP contribution is 2.34. The van der Waals surface area contributed by atoms with Gasteiger partial charge in [-0.25, -0.2) is 12.7 Å². The quantitative estimate of drug-likeness (QED) is 0.744. The SMILES string of the molecule is CN(C)S(=O)(=O)c1csc(SNc2ccccc2N2CCCCC2)c1. The number of hydrogen-bond acceptors (Lipinski definition) is 6. The lowest BCUT2D eigenvalue weighted by Gasteiger charge is -2.30. The highest BCUT2D eigenvalue weighted by molar-refractivity contribution is 8.02. The topological polar surface area (TPSA) is 52.7 Å². The van der Waals surface area contributed by atoms with Crippen molar-refractivity contribution in [2.45, 2.75) is 28.4 Å². The van der Waals surface area contributed by atoms with Crippen LogP contribution < -0.4 is 9.62 Å². The first kappa shape index (κ1) is 18.6. The molecule has 1 aliphatic heterocycles. The Morgan fingerprint density at radius 2 is 1.88 bits per heavy atom. The van der Waals surface area contributed by atoms with Gasteiger partial charge in [0, 0.05) is 32.6 Å². The van der Waals surface area contributed by atoms with E-state index in [1.165, 1.54) is 52.5 Å². The van der Waals surface area contributed by atoms with Crippen LogP contribution in [0.5, 0.6) is 0 Å². The highest BCUT2D eigenvalue weighted by Gasteiger charge is 2.19. The van der Waals surface area contributed by atoms with Gasteiger partial charge in [-0.3, -0.25) is 0 Å². The summed E-state index contributed by atoms with van der Waals surface area (Å²) in [6.45, 7) is 2.18. The molecule has 2 heterocycles. The number of piperidine rings is 1. The van der Waals surface area contributed by atoms with Crippen molar-refractivity contribution in [1.29, 1.82) is 0 Å². The number of nitrogens with zero attached hydrogens (tertiary/aromatic N) is 2. The van der Waals surface area contributed by atoms with Crippen LogP contribution in [0.1, 0.15) is 19.3 Å². The maximum absolute atomic E-state index is 12.2. The molecule has 1 N–H and O–H groups in total. The molecule has 8 heteroatoms. The average Bonchev–Trinajstić information content (AvgIpc) is 3.10. The van der Waals surface area contributed by atoms with Gasteiger partial charge in [0.05, 0.1) is 20.5 Å². The molecule has 1 fully saturated rings. The van der Waals surface area contributed by atoms with Crippen LogP contribution in [-0.2, 0) is 10.0 Å². The first-order valence-corrected chi connectivity index (χ1v) is 11.4. The number of hydrogen-bond donors (Lipinski definition) is 1. The lowest BCUT2D eigenvalue weighted by atomic mass is 10.1. The molecule has 0 spiro atoms. The molecular weight excluding hydrogens is 374 g/mol. The Balaban J connectivity index is 1.71. The number of thiophene rings is 1. The summed E-state index contributed by atoms with van der Waals surface area (Å²) in [5.74, 6) is 0. The molecule has 25 heavy (non-hydrogen) atoms. The van der Waals surface area contributed by atoms with E-state index >= 15 is 0 Å². The van der Waals surface area contributed by atoms with Gasteiger partial charge in [-0.05, 0) is 49.4 Å². The molecule has 0 unspecified atom stereocenters. The van der Waals surface area contributed by atoms with E-state index < -0.39 is 10.0 Å². The Labute approximate surface area is 158 Å². The van der Waals surface area contributed by atoms with Gasteiger partial charge in [-0.2, -0.15) is 0 Å². The van der Waals surface area contributed by atoms with Crippen LogP contribution in [0.3, 0.4) is 0 Å². The maximum atomic E-state index is 12.2. The minimum Gasteiger partial charge on any atom is -0.370 e. The van der Waals surface area contributed by atoms with Crippen LogP contribution in [0.15, 0.2) is 44.8 Å². The van der Waals surface area contributed by atoms with Crippen molar-refractivity contribution >= 4 is 44.7 Å².